The molecular formula is C13H13OP. The molecule has 0 spiro atoms. The summed E-state index contributed by atoms with van der Waals surface area (Å²) in [6, 6.07) is 15.9. The van der Waals surface area contributed by atoms with Gasteiger partial charge in [0, 0.05) is 5.30 Å². The standard InChI is InChI=1S/C13H13OP/c1-10-6-8-11(9-7-10)15-13-5-3-2-4-12(13)14/h2-9,14-15H,1H3. The number of aryl methyl sites for hydroxylation is 1. The fourth-order valence-corrected chi connectivity index (χ4v) is 2.41. The molecule has 0 aromatic heterocycles. The molecule has 15 heavy (non-hydrogen) atoms. The molecule has 0 saturated heterocycles. The van der Waals surface area contributed by atoms with Gasteiger partial charge in [-0.1, -0.05) is 56.6 Å². The first-order valence-corrected chi connectivity index (χ1v) is 5.87. The maximum atomic E-state index is 9.63. The molecule has 2 heteroatoms. The number of para-hydroxylation sites is 1. The molecule has 1 nitrogen and oxygen atoms in total. The lowest BCUT2D eigenvalue weighted by molar-refractivity contribution is 0.480. The Kier molecular flexibility index (Phi) is 3.03. The van der Waals surface area contributed by atoms with Gasteiger partial charge in [0.05, 0.1) is 0 Å². The topological polar surface area (TPSA) is 20.2 Å². The highest BCUT2D eigenvalue weighted by molar-refractivity contribution is 7.55. The van der Waals surface area contributed by atoms with Crippen LogP contribution in [-0.4, -0.2) is 5.11 Å². The van der Waals surface area contributed by atoms with E-state index in [1.807, 2.05) is 18.2 Å². The van der Waals surface area contributed by atoms with Crippen molar-refractivity contribution in [1.29, 1.82) is 0 Å². The lowest BCUT2D eigenvalue weighted by Gasteiger charge is -2.04. The third kappa shape index (κ3) is 2.57. The van der Waals surface area contributed by atoms with Gasteiger partial charge in [-0.25, -0.2) is 0 Å². The highest BCUT2D eigenvalue weighted by Gasteiger charge is 2.00. The second kappa shape index (κ2) is 4.46. The SMILES string of the molecule is Cc1ccc(Pc2ccccc2O)cc1. The Balaban J connectivity index is 2.22. The molecule has 0 aliphatic heterocycles. The summed E-state index contributed by atoms with van der Waals surface area (Å²) in [6.07, 6.45) is 0. The number of hydrogen-bond donors (Lipinski definition) is 1. The first-order valence-electron chi connectivity index (χ1n) is 4.87. The molecule has 2 aromatic rings. The first kappa shape index (κ1) is 10.2. The molecule has 0 amide bonds. The van der Waals surface area contributed by atoms with E-state index in [-0.39, 0.29) is 0 Å². The van der Waals surface area contributed by atoms with E-state index >= 15 is 0 Å². The van der Waals surface area contributed by atoms with Gasteiger partial charge < -0.3 is 5.11 Å². The summed E-state index contributed by atoms with van der Waals surface area (Å²) in [5.41, 5.74) is 1.26. The monoisotopic (exact) mass is 216 g/mol. The van der Waals surface area contributed by atoms with Crippen LogP contribution in [0, 0.1) is 6.92 Å². The maximum absolute atomic E-state index is 9.63. The van der Waals surface area contributed by atoms with Crippen molar-refractivity contribution in [2.24, 2.45) is 0 Å². The Hall–Kier alpha value is -1.33. The summed E-state index contributed by atoms with van der Waals surface area (Å²) < 4.78 is 0. The molecule has 0 heterocycles. The van der Waals surface area contributed by atoms with Crippen LogP contribution < -0.4 is 10.6 Å². The van der Waals surface area contributed by atoms with Gasteiger partial charge in [0.15, 0.2) is 0 Å². The molecule has 1 N–H and O–H groups in total. The van der Waals surface area contributed by atoms with Crippen LogP contribution in [0.3, 0.4) is 0 Å². The smallest absolute Gasteiger partial charge is 0.123 e. The summed E-state index contributed by atoms with van der Waals surface area (Å²) in [5, 5.41) is 11.9. The number of benzene rings is 2. The van der Waals surface area contributed by atoms with E-state index in [9.17, 15) is 5.11 Å². The summed E-state index contributed by atoms with van der Waals surface area (Å²) in [4.78, 5) is 0. The molecule has 0 saturated carbocycles. The van der Waals surface area contributed by atoms with E-state index in [0.717, 1.165) is 5.30 Å². The molecule has 0 fully saturated rings. The predicted octanol–water partition coefficient (Wildman–Crippen LogP) is 2.33. The van der Waals surface area contributed by atoms with E-state index in [2.05, 4.69) is 31.2 Å². The van der Waals surface area contributed by atoms with Crippen LogP contribution in [-0.2, 0) is 0 Å². The molecule has 0 aliphatic carbocycles. The predicted molar refractivity (Wildman–Crippen MR) is 66.9 cm³/mol. The van der Waals surface area contributed by atoms with Crippen molar-refractivity contribution < 1.29 is 5.11 Å². The quantitative estimate of drug-likeness (QED) is 0.764. The summed E-state index contributed by atoms with van der Waals surface area (Å²) in [7, 11) is 0.522. The van der Waals surface area contributed by atoms with Gasteiger partial charge in [-0.15, -0.1) is 0 Å². The van der Waals surface area contributed by atoms with Crippen LogP contribution in [0.25, 0.3) is 0 Å². The van der Waals surface area contributed by atoms with Crippen molar-refractivity contribution in [2.45, 2.75) is 6.92 Å². The second-order valence-corrected chi connectivity index (χ2v) is 4.87. The maximum Gasteiger partial charge on any atom is 0.123 e. The minimum absolute atomic E-state index is 0.386. The van der Waals surface area contributed by atoms with Gasteiger partial charge >= 0.3 is 0 Å². The highest BCUT2D eigenvalue weighted by atomic mass is 31.1. The zero-order valence-corrected chi connectivity index (χ0v) is 9.57. The fraction of sp³-hybridized carbons (Fsp3) is 0.0769. The Labute approximate surface area is 91.6 Å². The van der Waals surface area contributed by atoms with Crippen molar-refractivity contribution in [1.82, 2.24) is 0 Å². The van der Waals surface area contributed by atoms with Gasteiger partial charge in [0.2, 0.25) is 0 Å². The summed E-state index contributed by atoms with van der Waals surface area (Å²) >= 11 is 0. The number of rotatable bonds is 2. The Bertz CT molecular complexity index is 448. The zero-order valence-electron chi connectivity index (χ0n) is 8.57. The molecule has 0 radical (unpaired) electrons. The molecule has 2 rings (SSSR count). The Morgan fingerprint density at radius 1 is 0.933 bits per heavy atom. The fourth-order valence-electron chi connectivity index (χ4n) is 1.37. The van der Waals surface area contributed by atoms with Gasteiger partial charge in [0.1, 0.15) is 5.75 Å². The molecule has 76 valence electrons. The van der Waals surface area contributed by atoms with Gasteiger partial charge in [0.25, 0.3) is 0 Å². The van der Waals surface area contributed by atoms with Crippen LogP contribution in [0.4, 0.5) is 0 Å². The minimum atomic E-state index is 0.386. The molecule has 2 aromatic carbocycles. The lowest BCUT2D eigenvalue weighted by Crippen LogP contribution is -2.03. The molecule has 1 unspecified atom stereocenters. The largest absolute Gasteiger partial charge is 0.507 e. The van der Waals surface area contributed by atoms with E-state index in [4.69, 9.17) is 0 Å². The van der Waals surface area contributed by atoms with Gasteiger partial charge in [-0.3, -0.25) is 0 Å². The number of hydrogen-bond acceptors (Lipinski definition) is 1. The van der Waals surface area contributed by atoms with Crippen molar-refractivity contribution in [3.8, 4) is 5.75 Å². The van der Waals surface area contributed by atoms with Crippen LogP contribution in [0.1, 0.15) is 5.56 Å². The van der Waals surface area contributed by atoms with Crippen LogP contribution in [0.2, 0.25) is 0 Å². The van der Waals surface area contributed by atoms with E-state index < -0.39 is 0 Å². The first-order chi connectivity index (χ1) is 7.25. The van der Waals surface area contributed by atoms with Gasteiger partial charge in [-0.2, -0.15) is 0 Å². The van der Waals surface area contributed by atoms with Crippen LogP contribution in [0.15, 0.2) is 48.5 Å². The summed E-state index contributed by atoms with van der Waals surface area (Å²) in [5.74, 6) is 0.386. The zero-order chi connectivity index (χ0) is 10.7. The number of phenols is 1. The molecule has 1 atom stereocenters. The third-order valence-corrected chi connectivity index (χ3v) is 3.55. The van der Waals surface area contributed by atoms with E-state index in [0.29, 0.717) is 14.3 Å². The van der Waals surface area contributed by atoms with Crippen molar-refractivity contribution in [3.63, 3.8) is 0 Å². The summed E-state index contributed by atoms with van der Waals surface area (Å²) in [6.45, 7) is 2.08. The van der Waals surface area contributed by atoms with Gasteiger partial charge in [-0.05, 0) is 18.3 Å². The lowest BCUT2D eigenvalue weighted by atomic mass is 10.2. The van der Waals surface area contributed by atoms with E-state index in [1.165, 1.54) is 10.9 Å². The van der Waals surface area contributed by atoms with Crippen molar-refractivity contribution in [2.75, 3.05) is 0 Å². The third-order valence-electron chi connectivity index (χ3n) is 2.23. The number of aromatic hydroxyl groups is 1. The van der Waals surface area contributed by atoms with Crippen molar-refractivity contribution in [3.05, 3.63) is 54.1 Å². The van der Waals surface area contributed by atoms with E-state index in [1.54, 1.807) is 6.07 Å². The van der Waals surface area contributed by atoms with Crippen LogP contribution in [0.5, 0.6) is 5.75 Å². The molecular weight excluding hydrogens is 203 g/mol. The normalized spacial score (nSPS) is 11.0. The molecule has 0 bridgehead atoms. The Morgan fingerprint density at radius 2 is 1.60 bits per heavy atom. The average molecular weight is 216 g/mol. The average Bonchev–Trinajstić information content (AvgIpc) is 2.25. The highest BCUT2D eigenvalue weighted by Crippen LogP contribution is 2.17. The second-order valence-electron chi connectivity index (χ2n) is 3.51. The molecule has 0 aliphatic rings. The van der Waals surface area contributed by atoms with Crippen LogP contribution >= 0.6 is 8.58 Å². The number of phenolic OH excluding ortho intramolecular Hbond substituents is 1. The van der Waals surface area contributed by atoms with Crippen molar-refractivity contribution >= 4 is 19.2 Å². The minimum Gasteiger partial charge on any atom is -0.507 e. The Morgan fingerprint density at radius 3 is 2.27 bits per heavy atom.